The zero-order chi connectivity index (χ0) is 23.6. The lowest BCUT2D eigenvalue weighted by atomic mass is 9.99. The smallest absolute Gasteiger partial charge is 0.408 e. The number of esters is 1. The summed E-state index contributed by atoms with van der Waals surface area (Å²) in [5, 5.41) is 22.1. The molecule has 0 aliphatic rings. The highest BCUT2D eigenvalue weighted by Gasteiger charge is 2.26. The summed E-state index contributed by atoms with van der Waals surface area (Å²) in [6.07, 6.45) is -1.18. The first-order valence-electron chi connectivity index (χ1n) is 10.2. The summed E-state index contributed by atoms with van der Waals surface area (Å²) in [5.74, 6) is -2.47. The number of phenols is 1. The Morgan fingerprint density at radius 2 is 1.36 bits per heavy atom. The molecule has 0 aromatic heterocycles. The van der Waals surface area contributed by atoms with Crippen molar-refractivity contribution >= 4 is 18.0 Å². The Bertz CT molecular complexity index is 1100. The summed E-state index contributed by atoms with van der Waals surface area (Å²) < 4.78 is 10.4. The Hall–Kier alpha value is -4.33. The lowest BCUT2D eigenvalue weighted by Gasteiger charge is -2.17. The molecule has 1 amide bonds. The van der Waals surface area contributed by atoms with Crippen LogP contribution >= 0.6 is 0 Å². The van der Waals surface area contributed by atoms with Crippen LogP contribution < -0.4 is 5.32 Å². The fraction of sp³-hybridized carbons (Fsp3) is 0.160. The number of nitrogens with one attached hydrogen (secondary N) is 1. The van der Waals surface area contributed by atoms with E-state index in [-0.39, 0.29) is 36.5 Å². The van der Waals surface area contributed by atoms with Crippen molar-refractivity contribution in [3.8, 4) is 5.75 Å². The molecule has 0 heterocycles. The molecule has 8 nitrogen and oxygen atoms in total. The molecule has 3 rings (SSSR count). The minimum atomic E-state index is -1.39. The number of ether oxygens (including phenoxy) is 2. The van der Waals surface area contributed by atoms with Crippen LogP contribution in [0.15, 0.2) is 78.9 Å². The summed E-state index contributed by atoms with van der Waals surface area (Å²) in [6.45, 7) is -0.0396. The van der Waals surface area contributed by atoms with Gasteiger partial charge in [0.25, 0.3) is 0 Å². The van der Waals surface area contributed by atoms with Gasteiger partial charge in [-0.05, 0) is 22.8 Å². The third-order valence-electron chi connectivity index (χ3n) is 4.77. The van der Waals surface area contributed by atoms with Crippen LogP contribution in [0, 0.1) is 0 Å². The minimum Gasteiger partial charge on any atom is -0.507 e. The van der Waals surface area contributed by atoms with E-state index in [1.807, 2.05) is 12.1 Å². The molecule has 0 aliphatic heterocycles. The Labute approximate surface area is 190 Å². The van der Waals surface area contributed by atoms with E-state index in [1.54, 1.807) is 48.5 Å². The molecular weight excluding hydrogens is 426 g/mol. The van der Waals surface area contributed by atoms with Crippen LogP contribution in [0.5, 0.6) is 5.75 Å². The Kier molecular flexibility index (Phi) is 8.02. The van der Waals surface area contributed by atoms with Gasteiger partial charge in [0.15, 0.2) is 0 Å². The highest BCUT2D eigenvalue weighted by molar-refractivity contribution is 5.94. The van der Waals surface area contributed by atoms with Gasteiger partial charge in [0.1, 0.15) is 30.6 Å². The quantitative estimate of drug-likeness (QED) is 0.426. The monoisotopic (exact) mass is 449 g/mol. The number of rotatable bonds is 9. The number of benzene rings is 3. The number of phenolic OH excluding ortho intramolecular Hbond substituents is 1. The minimum absolute atomic E-state index is 0.0140. The highest BCUT2D eigenvalue weighted by atomic mass is 16.5. The molecule has 33 heavy (non-hydrogen) atoms. The summed E-state index contributed by atoms with van der Waals surface area (Å²) >= 11 is 0. The summed E-state index contributed by atoms with van der Waals surface area (Å²) in [4.78, 5) is 36.5. The second-order valence-corrected chi connectivity index (χ2v) is 7.17. The normalized spacial score (nSPS) is 11.3. The van der Waals surface area contributed by atoms with Gasteiger partial charge in [-0.25, -0.2) is 14.4 Å². The Morgan fingerprint density at radius 3 is 1.94 bits per heavy atom. The van der Waals surface area contributed by atoms with Crippen LogP contribution in [0.1, 0.15) is 27.0 Å². The van der Waals surface area contributed by atoms with Crippen molar-refractivity contribution in [1.29, 1.82) is 0 Å². The van der Waals surface area contributed by atoms with Crippen molar-refractivity contribution in [2.45, 2.75) is 25.7 Å². The van der Waals surface area contributed by atoms with E-state index in [1.165, 1.54) is 18.2 Å². The molecule has 0 fully saturated rings. The van der Waals surface area contributed by atoms with Crippen LogP contribution in [0.25, 0.3) is 0 Å². The van der Waals surface area contributed by atoms with Crippen LogP contribution in [-0.4, -0.2) is 34.3 Å². The number of carbonyl (C=O) groups excluding carboxylic acids is 2. The molecule has 0 bridgehead atoms. The van der Waals surface area contributed by atoms with Gasteiger partial charge in [0.2, 0.25) is 0 Å². The predicted octanol–water partition coefficient (Wildman–Crippen LogP) is 3.67. The topological polar surface area (TPSA) is 122 Å². The molecule has 3 aromatic carbocycles. The van der Waals surface area contributed by atoms with Gasteiger partial charge in [-0.3, -0.25) is 0 Å². The molecule has 0 aliphatic carbocycles. The second kappa shape index (κ2) is 11.3. The zero-order valence-corrected chi connectivity index (χ0v) is 17.6. The van der Waals surface area contributed by atoms with E-state index in [2.05, 4.69) is 5.32 Å². The van der Waals surface area contributed by atoms with E-state index in [0.717, 1.165) is 11.1 Å². The van der Waals surface area contributed by atoms with Gasteiger partial charge >= 0.3 is 18.0 Å². The maximum Gasteiger partial charge on any atom is 0.408 e. The van der Waals surface area contributed by atoms with Gasteiger partial charge in [-0.15, -0.1) is 0 Å². The lowest BCUT2D eigenvalue weighted by molar-refractivity contribution is -0.139. The molecule has 3 N–H and O–H groups in total. The summed E-state index contributed by atoms with van der Waals surface area (Å²) in [5.41, 5.74) is 1.56. The molecule has 0 saturated carbocycles. The number of aliphatic carboxylic acids is 1. The van der Waals surface area contributed by atoms with Crippen molar-refractivity contribution in [3.63, 3.8) is 0 Å². The van der Waals surface area contributed by atoms with Gasteiger partial charge in [0.05, 0.1) is 0 Å². The van der Waals surface area contributed by atoms with Gasteiger partial charge in [-0.2, -0.15) is 0 Å². The third kappa shape index (κ3) is 6.83. The highest BCUT2D eigenvalue weighted by Crippen LogP contribution is 2.24. The first-order chi connectivity index (χ1) is 15.9. The second-order valence-electron chi connectivity index (χ2n) is 7.17. The molecule has 8 heteroatoms. The van der Waals surface area contributed by atoms with Crippen molar-refractivity contribution in [2.24, 2.45) is 0 Å². The van der Waals surface area contributed by atoms with Crippen LogP contribution in [-0.2, 0) is 33.9 Å². The molecule has 3 aromatic rings. The van der Waals surface area contributed by atoms with Crippen molar-refractivity contribution < 1.29 is 34.1 Å². The molecule has 170 valence electrons. The Morgan fingerprint density at radius 1 is 0.788 bits per heavy atom. The summed E-state index contributed by atoms with van der Waals surface area (Å²) in [7, 11) is 0. The number of aromatic hydroxyl groups is 1. The standard InChI is InChI=1S/C25H23NO7/c27-21-13-7-12-19(22(21)24(30)32-15-17-8-3-1-4-9-17)14-20(23(28)29)26-25(31)33-16-18-10-5-2-6-11-18/h1-13,20,27H,14-16H2,(H,26,31)(H,28,29)/t20-/m0/s1. The van der Waals surface area contributed by atoms with E-state index < -0.39 is 24.1 Å². The van der Waals surface area contributed by atoms with Crippen molar-refractivity contribution in [2.75, 3.05) is 0 Å². The number of carbonyl (C=O) groups is 3. The number of amides is 1. The lowest BCUT2D eigenvalue weighted by Crippen LogP contribution is -2.42. The predicted molar refractivity (Wildman–Crippen MR) is 119 cm³/mol. The largest absolute Gasteiger partial charge is 0.507 e. The summed E-state index contributed by atoms with van der Waals surface area (Å²) in [6, 6.07) is 20.8. The third-order valence-corrected chi connectivity index (χ3v) is 4.77. The van der Waals surface area contributed by atoms with Crippen LogP contribution in [0.2, 0.25) is 0 Å². The maximum atomic E-state index is 12.7. The van der Waals surface area contributed by atoms with E-state index in [0.29, 0.717) is 0 Å². The average Bonchev–Trinajstić information content (AvgIpc) is 2.82. The van der Waals surface area contributed by atoms with Crippen molar-refractivity contribution in [1.82, 2.24) is 5.32 Å². The molecule has 0 spiro atoms. The SMILES string of the molecule is O=C(N[C@@H](Cc1cccc(O)c1C(=O)OCc1ccccc1)C(=O)O)OCc1ccccc1. The van der Waals surface area contributed by atoms with E-state index in [4.69, 9.17) is 9.47 Å². The molecule has 0 radical (unpaired) electrons. The van der Waals surface area contributed by atoms with Crippen LogP contribution in [0.4, 0.5) is 4.79 Å². The first kappa shape index (κ1) is 23.3. The fourth-order valence-electron chi connectivity index (χ4n) is 3.11. The fourth-order valence-corrected chi connectivity index (χ4v) is 3.11. The van der Waals surface area contributed by atoms with E-state index in [9.17, 15) is 24.6 Å². The number of alkyl carbamates (subject to hydrolysis) is 1. The van der Waals surface area contributed by atoms with E-state index >= 15 is 0 Å². The van der Waals surface area contributed by atoms with Gasteiger partial charge < -0.3 is 25.0 Å². The average molecular weight is 449 g/mol. The number of hydrogen-bond donors (Lipinski definition) is 3. The number of hydrogen-bond acceptors (Lipinski definition) is 6. The van der Waals surface area contributed by atoms with Gasteiger partial charge in [0, 0.05) is 6.42 Å². The zero-order valence-electron chi connectivity index (χ0n) is 17.6. The van der Waals surface area contributed by atoms with Crippen molar-refractivity contribution in [3.05, 3.63) is 101 Å². The Balaban J connectivity index is 1.67. The first-order valence-corrected chi connectivity index (χ1v) is 10.2. The molecule has 0 unspecified atom stereocenters. The maximum absolute atomic E-state index is 12.7. The number of carboxylic acid groups (broad SMARTS) is 1. The molecular formula is C25H23NO7. The molecule has 1 atom stereocenters. The molecule has 0 saturated heterocycles. The van der Waals surface area contributed by atoms with Crippen LogP contribution in [0.3, 0.4) is 0 Å². The number of carboxylic acids is 1. The van der Waals surface area contributed by atoms with Gasteiger partial charge in [-0.1, -0.05) is 72.8 Å².